The van der Waals surface area contributed by atoms with E-state index in [-0.39, 0.29) is 16.3 Å². The van der Waals surface area contributed by atoms with Crippen molar-refractivity contribution >= 4 is 29.2 Å². The Labute approximate surface area is 173 Å². The van der Waals surface area contributed by atoms with E-state index in [1.54, 1.807) is 18.2 Å². The molecule has 2 rings (SSSR count). The molecule has 2 aromatic carbocycles. The van der Waals surface area contributed by atoms with E-state index < -0.39 is 18.0 Å². The largest absolute Gasteiger partial charge is 0.497 e. The Balaban J connectivity index is 2.14. The summed E-state index contributed by atoms with van der Waals surface area (Å²) in [6.07, 6.45) is -1.09. The number of rotatable bonds is 8. The number of ether oxygens (including phenoxy) is 5. The predicted octanol–water partition coefficient (Wildman–Crippen LogP) is 3.56. The van der Waals surface area contributed by atoms with Crippen molar-refractivity contribution in [1.29, 1.82) is 0 Å². The van der Waals surface area contributed by atoms with Crippen molar-refractivity contribution in [1.82, 2.24) is 0 Å². The van der Waals surface area contributed by atoms with Gasteiger partial charge in [-0.3, -0.25) is 4.79 Å². The first-order valence-electron chi connectivity index (χ1n) is 8.50. The lowest BCUT2D eigenvalue weighted by Crippen LogP contribution is -2.30. The maximum Gasteiger partial charge on any atom is 0.339 e. The summed E-state index contributed by atoms with van der Waals surface area (Å²) in [4.78, 5) is 24.9. The van der Waals surface area contributed by atoms with Crippen molar-refractivity contribution in [3.8, 4) is 23.0 Å². The number of amides is 1. The summed E-state index contributed by atoms with van der Waals surface area (Å²) in [5.41, 5.74) is 0.500. The van der Waals surface area contributed by atoms with Crippen LogP contribution in [0.3, 0.4) is 0 Å². The molecule has 0 saturated carbocycles. The minimum Gasteiger partial charge on any atom is -0.497 e. The number of carbonyl (C=O) groups is 2. The predicted molar refractivity (Wildman–Crippen MR) is 108 cm³/mol. The quantitative estimate of drug-likeness (QED) is 0.649. The second kappa shape index (κ2) is 9.88. The molecule has 0 aliphatic carbocycles. The van der Waals surface area contributed by atoms with Gasteiger partial charge in [0.1, 0.15) is 11.5 Å². The average Bonchev–Trinajstić information content (AvgIpc) is 2.72. The molecule has 0 fully saturated rings. The molecule has 9 heteroatoms. The molecule has 0 spiro atoms. The Kier molecular flexibility index (Phi) is 7.55. The first-order valence-corrected chi connectivity index (χ1v) is 8.87. The Morgan fingerprint density at radius 1 is 0.931 bits per heavy atom. The topological polar surface area (TPSA) is 92.3 Å². The lowest BCUT2D eigenvalue weighted by Gasteiger charge is -2.16. The van der Waals surface area contributed by atoms with Gasteiger partial charge >= 0.3 is 5.97 Å². The zero-order valence-corrected chi connectivity index (χ0v) is 17.5. The first kappa shape index (κ1) is 22.2. The highest BCUT2D eigenvalue weighted by molar-refractivity contribution is 6.32. The maximum atomic E-state index is 12.5. The highest BCUT2D eigenvalue weighted by atomic mass is 35.5. The van der Waals surface area contributed by atoms with Crippen LogP contribution in [0.5, 0.6) is 23.0 Å². The molecule has 156 valence electrons. The number of nitrogens with one attached hydrogen (secondary N) is 1. The molecular weight excluding hydrogens is 402 g/mol. The lowest BCUT2D eigenvalue weighted by molar-refractivity contribution is -0.123. The van der Waals surface area contributed by atoms with Gasteiger partial charge in [-0.1, -0.05) is 11.6 Å². The van der Waals surface area contributed by atoms with Gasteiger partial charge in [-0.25, -0.2) is 4.79 Å². The molecule has 1 N–H and O–H groups in total. The Morgan fingerprint density at radius 3 is 2.21 bits per heavy atom. The van der Waals surface area contributed by atoms with E-state index in [9.17, 15) is 9.59 Å². The van der Waals surface area contributed by atoms with Crippen LogP contribution in [-0.2, 0) is 9.53 Å². The van der Waals surface area contributed by atoms with Gasteiger partial charge in [-0.05, 0) is 31.2 Å². The molecule has 0 aliphatic heterocycles. The average molecular weight is 424 g/mol. The summed E-state index contributed by atoms with van der Waals surface area (Å²) in [5, 5.41) is 2.83. The molecule has 0 radical (unpaired) electrons. The van der Waals surface area contributed by atoms with Gasteiger partial charge in [0.25, 0.3) is 5.91 Å². The van der Waals surface area contributed by atoms with Crippen LogP contribution in [0.4, 0.5) is 5.69 Å². The molecule has 0 bridgehead atoms. The third-order valence-corrected chi connectivity index (χ3v) is 4.27. The van der Waals surface area contributed by atoms with Crippen LogP contribution in [0.25, 0.3) is 0 Å². The van der Waals surface area contributed by atoms with Crippen LogP contribution in [0.2, 0.25) is 5.02 Å². The molecule has 0 heterocycles. The molecule has 0 aliphatic rings. The molecule has 0 saturated heterocycles. The number of hydrogen-bond donors (Lipinski definition) is 1. The number of methoxy groups -OCH3 is 4. The third-order valence-electron chi connectivity index (χ3n) is 3.99. The second-order valence-corrected chi connectivity index (χ2v) is 6.20. The number of benzene rings is 2. The minimum absolute atomic E-state index is 0.117. The normalized spacial score (nSPS) is 11.2. The molecule has 29 heavy (non-hydrogen) atoms. The third kappa shape index (κ3) is 5.23. The fourth-order valence-electron chi connectivity index (χ4n) is 2.46. The molecule has 8 nitrogen and oxygen atoms in total. The van der Waals surface area contributed by atoms with E-state index >= 15 is 0 Å². The fourth-order valence-corrected chi connectivity index (χ4v) is 2.75. The zero-order valence-electron chi connectivity index (χ0n) is 16.7. The van der Waals surface area contributed by atoms with Crippen LogP contribution in [0, 0.1) is 0 Å². The van der Waals surface area contributed by atoms with Gasteiger partial charge < -0.3 is 29.0 Å². The maximum absolute atomic E-state index is 12.5. The van der Waals surface area contributed by atoms with Crippen molar-refractivity contribution in [2.75, 3.05) is 33.8 Å². The van der Waals surface area contributed by atoms with Crippen molar-refractivity contribution < 1.29 is 33.3 Å². The van der Waals surface area contributed by atoms with Crippen molar-refractivity contribution in [3.05, 3.63) is 40.9 Å². The summed E-state index contributed by atoms with van der Waals surface area (Å²) in [5.74, 6) is 0.242. The van der Waals surface area contributed by atoms with Gasteiger partial charge in [0.05, 0.1) is 44.7 Å². The molecule has 2 aromatic rings. The first-order chi connectivity index (χ1) is 13.8. The van der Waals surface area contributed by atoms with Gasteiger partial charge in [-0.15, -0.1) is 0 Å². The van der Waals surface area contributed by atoms with Gasteiger partial charge in [0, 0.05) is 6.07 Å². The number of hydrogen-bond acceptors (Lipinski definition) is 7. The van der Waals surface area contributed by atoms with Gasteiger partial charge in [-0.2, -0.15) is 0 Å². The van der Waals surface area contributed by atoms with E-state index in [0.29, 0.717) is 22.9 Å². The summed E-state index contributed by atoms with van der Waals surface area (Å²) < 4.78 is 25.9. The van der Waals surface area contributed by atoms with E-state index in [0.717, 1.165) is 0 Å². The Morgan fingerprint density at radius 2 is 1.62 bits per heavy atom. The molecule has 1 atom stereocenters. The van der Waals surface area contributed by atoms with Gasteiger partial charge in [0.15, 0.2) is 17.6 Å². The summed E-state index contributed by atoms with van der Waals surface area (Å²) >= 11 is 6.11. The van der Waals surface area contributed by atoms with Crippen LogP contribution in [-0.4, -0.2) is 46.4 Å². The lowest BCUT2D eigenvalue weighted by atomic mass is 10.2. The molecule has 1 unspecified atom stereocenters. The Hall–Kier alpha value is -3.13. The number of esters is 1. The zero-order chi connectivity index (χ0) is 21.6. The van der Waals surface area contributed by atoms with E-state index in [1.165, 1.54) is 47.5 Å². The minimum atomic E-state index is -1.09. The van der Waals surface area contributed by atoms with E-state index in [4.69, 9.17) is 35.3 Å². The second-order valence-electron chi connectivity index (χ2n) is 5.80. The van der Waals surface area contributed by atoms with Crippen LogP contribution in [0.15, 0.2) is 30.3 Å². The number of anilines is 1. The van der Waals surface area contributed by atoms with E-state index in [2.05, 4.69) is 5.32 Å². The van der Waals surface area contributed by atoms with Crippen LogP contribution in [0.1, 0.15) is 17.3 Å². The monoisotopic (exact) mass is 423 g/mol. The summed E-state index contributed by atoms with van der Waals surface area (Å²) in [7, 11) is 5.83. The Bertz CT molecular complexity index is 901. The van der Waals surface area contributed by atoms with Crippen LogP contribution < -0.4 is 24.3 Å². The van der Waals surface area contributed by atoms with Crippen molar-refractivity contribution in [2.24, 2.45) is 0 Å². The molecular formula is C20H22ClNO7. The van der Waals surface area contributed by atoms with Gasteiger partial charge in [0.2, 0.25) is 0 Å². The highest BCUT2D eigenvalue weighted by Crippen LogP contribution is 2.36. The standard InChI is InChI=1S/C20H22ClNO7/c1-11(19(23)22-15-10-13(25-2)6-7-16(15)26-3)29-20(24)12-8-14(21)18(28-5)17(9-12)27-4/h6-11H,1-5H3,(H,22,23). The van der Waals surface area contributed by atoms with Crippen molar-refractivity contribution in [2.45, 2.75) is 13.0 Å². The number of halogens is 1. The van der Waals surface area contributed by atoms with E-state index in [1.807, 2.05) is 0 Å². The summed E-state index contributed by atoms with van der Waals surface area (Å²) in [6, 6.07) is 7.73. The smallest absolute Gasteiger partial charge is 0.339 e. The molecule has 0 aromatic heterocycles. The summed E-state index contributed by atoms with van der Waals surface area (Å²) in [6.45, 7) is 1.45. The number of carbonyl (C=O) groups excluding carboxylic acids is 2. The molecule has 1 amide bonds. The van der Waals surface area contributed by atoms with Crippen LogP contribution >= 0.6 is 11.6 Å². The van der Waals surface area contributed by atoms with Crippen molar-refractivity contribution in [3.63, 3.8) is 0 Å². The SMILES string of the molecule is COc1ccc(OC)c(NC(=O)C(C)OC(=O)c2cc(Cl)c(OC)c(OC)c2)c1. The highest BCUT2D eigenvalue weighted by Gasteiger charge is 2.22. The fraction of sp³-hybridized carbons (Fsp3) is 0.300.